The van der Waals surface area contributed by atoms with E-state index >= 15 is 0 Å². The van der Waals surface area contributed by atoms with Crippen LogP contribution in [0.5, 0.6) is 0 Å². The van der Waals surface area contributed by atoms with E-state index in [4.69, 9.17) is 0 Å². The van der Waals surface area contributed by atoms with Gasteiger partial charge < -0.3 is 5.32 Å². The Morgan fingerprint density at radius 2 is 1.24 bits per heavy atom. The molecule has 0 spiro atoms. The Bertz CT molecular complexity index is 784. The van der Waals surface area contributed by atoms with E-state index in [0.29, 0.717) is 0 Å². The molecule has 0 unspecified atom stereocenters. The van der Waals surface area contributed by atoms with Crippen LogP contribution in [0.15, 0.2) is 92.4 Å². The first kappa shape index (κ1) is 12.9. The number of anilines is 2. The first-order valence-electron chi connectivity index (χ1n) is 6.80. The van der Waals surface area contributed by atoms with E-state index in [1.165, 1.54) is 25.3 Å². The summed E-state index contributed by atoms with van der Waals surface area (Å²) in [6, 6.07) is 25.4. The third kappa shape index (κ3) is 2.55. The van der Waals surface area contributed by atoms with Crippen molar-refractivity contribution in [1.29, 1.82) is 0 Å². The summed E-state index contributed by atoms with van der Waals surface area (Å²) >= 11 is 3.69. The Morgan fingerprint density at radius 3 is 2.05 bits per heavy atom. The van der Waals surface area contributed by atoms with Gasteiger partial charge in [-0.1, -0.05) is 59.9 Å². The average Bonchev–Trinajstić information content (AvgIpc) is 2.54. The molecule has 0 aliphatic carbocycles. The lowest BCUT2D eigenvalue weighted by Crippen LogP contribution is -1.96. The van der Waals surface area contributed by atoms with Gasteiger partial charge in [0.2, 0.25) is 0 Å². The summed E-state index contributed by atoms with van der Waals surface area (Å²) in [5.41, 5.74) is 2.29. The molecule has 0 bridgehead atoms. The summed E-state index contributed by atoms with van der Waals surface area (Å²) in [5, 5.41) is 3.53. The van der Waals surface area contributed by atoms with Gasteiger partial charge in [-0.2, -0.15) is 0 Å². The number of nitrogens with one attached hydrogen (secondary N) is 1. The Balaban J connectivity index is 1.73. The van der Waals surface area contributed by atoms with Crippen LogP contribution < -0.4 is 5.32 Å². The second kappa shape index (κ2) is 5.51. The van der Waals surface area contributed by atoms with Crippen molar-refractivity contribution in [3.63, 3.8) is 0 Å². The molecule has 102 valence electrons. The number of rotatable bonds is 2. The molecule has 1 N–H and O–H groups in total. The molecule has 3 aromatic rings. The summed E-state index contributed by atoms with van der Waals surface area (Å²) in [5.74, 6) is 0. The van der Waals surface area contributed by atoms with E-state index in [9.17, 15) is 0 Å². The number of hydrogen-bond donors (Lipinski definition) is 1. The highest BCUT2D eigenvalue weighted by molar-refractivity contribution is 8.05. The van der Waals surface area contributed by atoms with Crippen LogP contribution in [-0.4, -0.2) is 0 Å². The third-order valence-electron chi connectivity index (χ3n) is 3.31. The quantitative estimate of drug-likeness (QED) is 0.484. The van der Waals surface area contributed by atoms with Gasteiger partial charge in [0, 0.05) is 25.3 Å². The van der Waals surface area contributed by atoms with Crippen molar-refractivity contribution in [1.82, 2.24) is 0 Å². The Hall–Kier alpha value is -1.84. The fraction of sp³-hybridized carbons (Fsp3) is 0. The number of hydrogen-bond acceptors (Lipinski definition) is 3. The molecule has 0 aromatic heterocycles. The molecule has 4 rings (SSSR count). The van der Waals surface area contributed by atoms with Crippen LogP contribution in [0.2, 0.25) is 0 Å². The van der Waals surface area contributed by atoms with E-state index in [-0.39, 0.29) is 0 Å². The van der Waals surface area contributed by atoms with Gasteiger partial charge in [0.15, 0.2) is 0 Å². The van der Waals surface area contributed by atoms with Crippen molar-refractivity contribution in [3.8, 4) is 0 Å². The molecule has 0 saturated carbocycles. The molecule has 1 aliphatic heterocycles. The summed E-state index contributed by atoms with van der Waals surface area (Å²) in [4.78, 5) is 5.30. The number of fused-ring (bicyclic) bond motifs is 2. The van der Waals surface area contributed by atoms with Gasteiger partial charge in [0.05, 0.1) is 5.69 Å². The fourth-order valence-corrected chi connectivity index (χ4v) is 4.66. The molecule has 0 atom stereocenters. The minimum Gasteiger partial charge on any atom is -0.355 e. The molecule has 0 saturated heterocycles. The van der Waals surface area contributed by atoms with Crippen molar-refractivity contribution in [2.45, 2.75) is 19.6 Å². The number of para-hydroxylation sites is 1. The maximum absolute atomic E-state index is 3.53. The first-order valence-corrected chi connectivity index (χ1v) is 8.43. The molecule has 1 nitrogen and oxygen atoms in total. The largest absolute Gasteiger partial charge is 0.355 e. The first-order chi connectivity index (χ1) is 10.4. The van der Waals surface area contributed by atoms with Crippen LogP contribution in [0.25, 0.3) is 0 Å². The summed E-state index contributed by atoms with van der Waals surface area (Å²) in [7, 11) is 0. The minimum absolute atomic E-state index is 1.12. The predicted octanol–water partition coefficient (Wildman–Crippen LogP) is 6.05. The SMILES string of the molecule is c1ccc(Nc2cccc3c2Sc2ccccc2S3)cc1. The van der Waals surface area contributed by atoms with E-state index in [2.05, 4.69) is 72.0 Å². The third-order valence-corrected chi connectivity index (χ3v) is 5.93. The number of benzene rings is 3. The van der Waals surface area contributed by atoms with Gasteiger partial charge in [0.1, 0.15) is 0 Å². The van der Waals surface area contributed by atoms with E-state index < -0.39 is 0 Å². The van der Waals surface area contributed by atoms with Crippen molar-refractivity contribution < 1.29 is 0 Å². The second-order valence-electron chi connectivity index (χ2n) is 4.77. The molecule has 0 radical (unpaired) electrons. The Kier molecular flexibility index (Phi) is 3.37. The minimum atomic E-state index is 1.12. The monoisotopic (exact) mass is 307 g/mol. The van der Waals surface area contributed by atoms with Crippen LogP contribution in [-0.2, 0) is 0 Å². The van der Waals surface area contributed by atoms with Gasteiger partial charge in [-0.25, -0.2) is 0 Å². The Morgan fingerprint density at radius 1 is 0.571 bits per heavy atom. The van der Waals surface area contributed by atoms with Crippen LogP contribution in [0.1, 0.15) is 0 Å². The Labute approximate surface area is 132 Å². The van der Waals surface area contributed by atoms with E-state index in [1.54, 1.807) is 0 Å². The smallest absolute Gasteiger partial charge is 0.0537 e. The zero-order chi connectivity index (χ0) is 14.1. The van der Waals surface area contributed by atoms with Gasteiger partial charge in [-0.05, 0) is 36.4 Å². The van der Waals surface area contributed by atoms with Crippen molar-refractivity contribution >= 4 is 34.9 Å². The lowest BCUT2D eigenvalue weighted by molar-refractivity contribution is 1.16. The molecular weight excluding hydrogens is 294 g/mol. The maximum Gasteiger partial charge on any atom is 0.0537 e. The lowest BCUT2D eigenvalue weighted by atomic mass is 10.2. The lowest BCUT2D eigenvalue weighted by Gasteiger charge is -2.21. The zero-order valence-electron chi connectivity index (χ0n) is 11.2. The zero-order valence-corrected chi connectivity index (χ0v) is 12.9. The molecule has 1 aliphatic rings. The van der Waals surface area contributed by atoms with Crippen molar-refractivity contribution in [2.24, 2.45) is 0 Å². The standard InChI is InChI=1S/C18H13NS2/c1-2-7-13(8-3-1)19-14-9-6-12-17-18(14)21-16-11-5-4-10-15(16)20-17/h1-12,19H. The van der Waals surface area contributed by atoms with E-state index in [1.807, 2.05) is 29.6 Å². The molecule has 3 aromatic carbocycles. The van der Waals surface area contributed by atoms with E-state index in [0.717, 1.165) is 5.69 Å². The summed E-state index contributed by atoms with van der Waals surface area (Å²) < 4.78 is 0. The highest BCUT2D eigenvalue weighted by Gasteiger charge is 2.19. The van der Waals surface area contributed by atoms with Gasteiger partial charge >= 0.3 is 0 Å². The highest BCUT2D eigenvalue weighted by Crippen LogP contribution is 2.51. The average molecular weight is 307 g/mol. The molecule has 3 heteroatoms. The predicted molar refractivity (Wildman–Crippen MR) is 90.9 cm³/mol. The molecule has 21 heavy (non-hydrogen) atoms. The van der Waals surface area contributed by atoms with Crippen LogP contribution in [0, 0.1) is 0 Å². The summed E-state index contributed by atoms with van der Waals surface area (Å²) in [6.45, 7) is 0. The van der Waals surface area contributed by atoms with Crippen LogP contribution >= 0.6 is 23.5 Å². The molecule has 0 fully saturated rings. The topological polar surface area (TPSA) is 12.0 Å². The van der Waals surface area contributed by atoms with Gasteiger partial charge in [-0.15, -0.1) is 0 Å². The van der Waals surface area contributed by atoms with Crippen molar-refractivity contribution in [3.05, 3.63) is 72.8 Å². The van der Waals surface area contributed by atoms with Crippen LogP contribution in [0.3, 0.4) is 0 Å². The second-order valence-corrected chi connectivity index (χ2v) is 6.91. The van der Waals surface area contributed by atoms with Crippen LogP contribution in [0.4, 0.5) is 11.4 Å². The highest BCUT2D eigenvalue weighted by atomic mass is 32.2. The van der Waals surface area contributed by atoms with Crippen molar-refractivity contribution in [2.75, 3.05) is 5.32 Å². The van der Waals surface area contributed by atoms with Gasteiger partial charge in [0.25, 0.3) is 0 Å². The normalized spacial score (nSPS) is 12.4. The molecular formula is C18H13NS2. The van der Waals surface area contributed by atoms with Gasteiger partial charge in [-0.3, -0.25) is 0 Å². The molecule has 1 heterocycles. The summed E-state index contributed by atoms with van der Waals surface area (Å²) in [6.07, 6.45) is 0. The molecule has 0 amide bonds. The fourth-order valence-electron chi connectivity index (χ4n) is 2.32. The maximum atomic E-state index is 3.53.